The van der Waals surface area contributed by atoms with Crippen molar-refractivity contribution in [1.29, 1.82) is 0 Å². The van der Waals surface area contributed by atoms with Gasteiger partial charge in [0, 0.05) is 26.2 Å². The van der Waals surface area contributed by atoms with Gasteiger partial charge >= 0.3 is 0 Å². The molecule has 3 unspecified atom stereocenters. The van der Waals surface area contributed by atoms with E-state index in [0.717, 1.165) is 19.0 Å². The first-order chi connectivity index (χ1) is 7.76. The van der Waals surface area contributed by atoms with Crippen molar-refractivity contribution in [3.8, 4) is 0 Å². The van der Waals surface area contributed by atoms with Crippen LogP contribution in [-0.4, -0.2) is 43.8 Å². The van der Waals surface area contributed by atoms with Gasteiger partial charge in [0.1, 0.15) is 0 Å². The first-order valence-corrected chi connectivity index (χ1v) is 6.73. The Labute approximate surface area is 99.3 Å². The van der Waals surface area contributed by atoms with Crippen molar-refractivity contribution in [1.82, 2.24) is 4.90 Å². The Balaban J connectivity index is 1.92. The molecule has 3 heteroatoms. The molecular weight excluding hydrogens is 200 g/mol. The van der Waals surface area contributed by atoms with Crippen molar-refractivity contribution in [3.63, 3.8) is 0 Å². The maximum absolute atomic E-state index is 5.95. The van der Waals surface area contributed by atoms with E-state index in [1.54, 1.807) is 0 Å². The van der Waals surface area contributed by atoms with Gasteiger partial charge < -0.3 is 10.5 Å². The minimum Gasteiger partial charge on any atom is -0.380 e. The van der Waals surface area contributed by atoms with Gasteiger partial charge in [0.25, 0.3) is 0 Å². The Hall–Kier alpha value is -0.120. The third kappa shape index (κ3) is 2.41. The topological polar surface area (TPSA) is 38.5 Å². The number of hydrogen-bond donors (Lipinski definition) is 1. The third-order valence-electron chi connectivity index (χ3n) is 4.63. The van der Waals surface area contributed by atoms with Crippen LogP contribution in [0.5, 0.6) is 0 Å². The summed E-state index contributed by atoms with van der Waals surface area (Å²) in [6, 6.07) is 0.610. The van der Waals surface area contributed by atoms with Gasteiger partial charge in [0.05, 0.1) is 6.10 Å². The molecule has 2 rings (SSSR count). The normalized spacial score (nSPS) is 34.7. The van der Waals surface area contributed by atoms with Crippen LogP contribution in [0.15, 0.2) is 0 Å². The zero-order valence-electron chi connectivity index (χ0n) is 10.7. The van der Waals surface area contributed by atoms with Gasteiger partial charge in [-0.15, -0.1) is 0 Å². The molecule has 3 nitrogen and oxygen atoms in total. The highest BCUT2D eigenvalue weighted by atomic mass is 16.5. The van der Waals surface area contributed by atoms with E-state index in [2.05, 4.69) is 11.8 Å². The van der Waals surface area contributed by atoms with Crippen LogP contribution < -0.4 is 5.73 Å². The molecule has 2 N–H and O–H groups in total. The number of hydrogen-bond acceptors (Lipinski definition) is 3. The molecule has 1 aliphatic carbocycles. The number of rotatable bonds is 4. The molecule has 1 saturated heterocycles. The van der Waals surface area contributed by atoms with Gasteiger partial charge in [-0.05, 0) is 37.6 Å². The molecule has 16 heavy (non-hydrogen) atoms. The van der Waals surface area contributed by atoms with E-state index in [-0.39, 0.29) is 0 Å². The summed E-state index contributed by atoms with van der Waals surface area (Å²) in [6.45, 7) is 5.40. The Bertz CT molecular complexity index is 218. The average molecular weight is 226 g/mol. The quantitative estimate of drug-likeness (QED) is 0.789. The molecule has 3 atom stereocenters. The lowest BCUT2D eigenvalue weighted by Gasteiger charge is -2.45. The number of piperidine rings is 1. The Morgan fingerprint density at radius 1 is 1.38 bits per heavy atom. The smallest absolute Gasteiger partial charge is 0.0724 e. The van der Waals surface area contributed by atoms with Gasteiger partial charge in [0.15, 0.2) is 0 Å². The minimum atomic E-state index is 0.405. The summed E-state index contributed by atoms with van der Waals surface area (Å²) in [5.74, 6) is 1.55. The highest BCUT2D eigenvalue weighted by molar-refractivity contribution is 4.89. The van der Waals surface area contributed by atoms with E-state index in [0.29, 0.717) is 18.1 Å². The highest BCUT2D eigenvalue weighted by Gasteiger charge is 2.35. The van der Waals surface area contributed by atoms with Crippen molar-refractivity contribution in [2.75, 3.05) is 26.7 Å². The van der Waals surface area contributed by atoms with Crippen molar-refractivity contribution in [2.45, 2.75) is 44.8 Å². The number of likely N-dealkylation sites (tertiary alicyclic amines) is 1. The molecule has 94 valence electrons. The predicted octanol–water partition coefficient (Wildman–Crippen LogP) is 1.47. The van der Waals surface area contributed by atoms with E-state index in [4.69, 9.17) is 10.5 Å². The van der Waals surface area contributed by atoms with Crippen LogP contribution >= 0.6 is 0 Å². The fourth-order valence-electron chi connectivity index (χ4n) is 3.13. The molecule has 0 aromatic rings. The minimum absolute atomic E-state index is 0.405. The first kappa shape index (κ1) is 12.3. The molecule has 1 saturated carbocycles. The second-order valence-corrected chi connectivity index (χ2v) is 5.53. The molecule has 2 aliphatic rings. The summed E-state index contributed by atoms with van der Waals surface area (Å²) in [7, 11) is 1.84. The third-order valence-corrected chi connectivity index (χ3v) is 4.63. The monoisotopic (exact) mass is 226 g/mol. The molecule has 0 amide bonds. The fraction of sp³-hybridized carbons (Fsp3) is 1.00. The zero-order valence-corrected chi connectivity index (χ0v) is 10.7. The highest BCUT2D eigenvalue weighted by Crippen LogP contribution is 2.33. The summed E-state index contributed by atoms with van der Waals surface area (Å²) < 4.78 is 5.58. The molecule has 0 bridgehead atoms. The summed E-state index contributed by atoms with van der Waals surface area (Å²) in [5, 5.41) is 0. The first-order valence-electron chi connectivity index (χ1n) is 6.73. The van der Waals surface area contributed by atoms with Crippen LogP contribution in [0.1, 0.15) is 32.6 Å². The number of ether oxygens (including phenoxy) is 1. The van der Waals surface area contributed by atoms with Crippen molar-refractivity contribution < 1.29 is 4.74 Å². The van der Waals surface area contributed by atoms with Gasteiger partial charge in [0.2, 0.25) is 0 Å². The molecule has 2 fully saturated rings. The van der Waals surface area contributed by atoms with Crippen LogP contribution in [0.2, 0.25) is 0 Å². The molecule has 0 radical (unpaired) electrons. The molecule has 1 heterocycles. The second kappa shape index (κ2) is 5.48. The Kier molecular flexibility index (Phi) is 4.22. The van der Waals surface area contributed by atoms with Crippen molar-refractivity contribution in [2.24, 2.45) is 17.6 Å². The van der Waals surface area contributed by atoms with E-state index < -0.39 is 0 Å². The van der Waals surface area contributed by atoms with E-state index in [1.165, 1.54) is 32.2 Å². The van der Waals surface area contributed by atoms with E-state index >= 15 is 0 Å². The average Bonchev–Trinajstić information content (AvgIpc) is 2.24. The van der Waals surface area contributed by atoms with Crippen LogP contribution in [0.25, 0.3) is 0 Å². The lowest BCUT2D eigenvalue weighted by atomic mass is 9.78. The molecular formula is C13H26N2O. The Morgan fingerprint density at radius 2 is 2.12 bits per heavy atom. The molecule has 0 aromatic carbocycles. The summed E-state index contributed by atoms with van der Waals surface area (Å²) >= 11 is 0. The van der Waals surface area contributed by atoms with Gasteiger partial charge in [-0.25, -0.2) is 0 Å². The van der Waals surface area contributed by atoms with Gasteiger partial charge in [-0.3, -0.25) is 4.90 Å². The molecule has 0 spiro atoms. The lowest BCUT2D eigenvalue weighted by Crippen LogP contribution is -2.54. The van der Waals surface area contributed by atoms with E-state index in [1.807, 2.05) is 7.11 Å². The number of methoxy groups -OCH3 is 1. The zero-order chi connectivity index (χ0) is 11.5. The summed E-state index contributed by atoms with van der Waals surface area (Å²) in [4.78, 5) is 2.58. The molecule has 0 aromatic heterocycles. The van der Waals surface area contributed by atoms with Gasteiger partial charge in [-0.2, -0.15) is 0 Å². The fourth-order valence-corrected chi connectivity index (χ4v) is 3.13. The number of nitrogens with zero attached hydrogens (tertiary/aromatic N) is 1. The maximum atomic E-state index is 5.95. The SMILES string of the molecule is COC1CN(C(CN)C2CCC2)CCC1C. The Morgan fingerprint density at radius 3 is 2.62 bits per heavy atom. The largest absolute Gasteiger partial charge is 0.380 e. The summed E-state index contributed by atoms with van der Waals surface area (Å²) in [6.07, 6.45) is 5.82. The van der Waals surface area contributed by atoms with Crippen LogP contribution in [-0.2, 0) is 4.74 Å². The van der Waals surface area contributed by atoms with Crippen LogP contribution in [0, 0.1) is 11.8 Å². The second-order valence-electron chi connectivity index (χ2n) is 5.53. The van der Waals surface area contributed by atoms with Crippen LogP contribution in [0.4, 0.5) is 0 Å². The van der Waals surface area contributed by atoms with Crippen molar-refractivity contribution >= 4 is 0 Å². The van der Waals surface area contributed by atoms with Gasteiger partial charge in [-0.1, -0.05) is 13.3 Å². The van der Waals surface area contributed by atoms with Crippen molar-refractivity contribution in [3.05, 3.63) is 0 Å². The van der Waals surface area contributed by atoms with Crippen LogP contribution in [0.3, 0.4) is 0 Å². The van der Waals surface area contributed by atoms with E-state index in [9.17, 15) is 0 Å². The molecule has 1 aliphatic heterocycles. The maximum Gasteiger partial charge on any atom is 0.0724 e. The lowest BCUT2D eigenvalue weighted by molar-refractivity contribution is -0.0333. The standard InChI is InChI=1S/C13H26N2O/c1-10-6-7-15(9-13(10)16-2)12(8-14)11-4-3-5-11/h10-13H,3-9,14H2,1-2H3. The number of nitrogens with two attached hydrogens (primary N) is 1. The summed E-state index contributed by atoms with van der Waals surface area (Å²) in [5.41, 5.74) is 5.95. The predicted molar refractivity (Wildman–Crippen MR) is 66.3 cm³/mol.